The van der Waals surface area contributed by atoms with Crippen LogP contribution in [0.3, 0.4) is 0 Å². The highest BCUT2D eigenvalue weighted by atomic mass is 35.5. The molecule has 1 aliphatic heterocycles. The fourth-order valence-electron chi connectivity index (χ4n) is 1.72. The van der Waals surface area contributed by atoms with Gasteiger partial charge in [-0.15, -0.1) is 0 Å². The fraction of sp³-hybridized carbons (Fsp3) is 0.444. The highest BCUT2D eigenvalue weighted by molar-refractivity contribution is 6.30. The molecule has 9 heteroatoms. The number of aromatic amines is 1. The number of aliphatic carboxylic acids is 1. The molecule has 1 saturated heterocycles. The lowest BCUT2D eigenvalue weighted by atomic mass is 10.2. The lowest BCUT2D eigenvalue weighted by Crippen LogP contribution is -2.33. The third-order valence-corrected chi connectivity index (χ3v) is 2.84. The Hall–Kier alpha value is -1.64. The molecule has 98 valence electrons. The molecule has 1 aliphatic rings. The Balaban J connectivity index is 2.35. The van der Waals surface area contributed by atoms with Gasteiger partial charge in [-0.1, -0.05) is 11.6 Å². The molecule has 8 nitrogen and oxygen atoms in total. The number of ether oxygens (including phenoxy) is 1. The molecule has 0 aromatic carbocycles. The number of hydrogen-bond acceptors (Lipinski definition) is 5. The van der Waals surface area contributed by atoms with E-state index < -0.39 is 35.7 Å². The van der Waals surface area contributed by atoms with Gasteiger partial charge in [0.05, 0.1) is 6.10 Å². The highest BCUT2D eigenvalue weighted by Gasteiger charge is 2.40. The number of nitrogens with one attached hydrogen (secondary N) is 1. The second-order valence-electron chi connectivity index (χ2n) is 3.80. The smallest absolute Gasteiger partial charge is 0.335 e. The zero-order valence-electron chi connectivity index (χ0n) is 8.87. The number of aliphatic hydroxyl groups excluding tert-OH is 1. The molecule has 3 N–H and O–H groups in total. The monoisotopic (exact) mass is 276 g/mol. The standard InChI is InChI=1S/C9H9ClN2O6/c10-3-2-12(9(17)11-7(3)14)5-1-4(13)6(18-5)8(15)16/h2,4-6,13H,1H2,(H,15,16)(H,11,14,17)/t4-,5-,6-/m0/s1. The molecule has 0 amide bonds. The third-order valence-electron chi connectivity index (χ3n) is 2.57. The molecule has 18 heavy (non-hydrogen) atoms. The van der Waals surface area contributed by atoms with Crippen LogP contribution in [0.25, 0.3) is 0 Å². The fourth-order valence-corrected chi connectivity index (χ4v) is 1.87. The molecule has 1 fully saturated rings. The summed E-state index contributed by atoms with van der Waals surface area (Å²) in [5.74, 6) is -1.33. The maximum Gasteiger partial charge on any atom is 0.335 e. The second-order valence-corrected chi connectivity index (χ2v) is 4.20. The van der Waals surface area contributed by atoms with Gasteiger partial charge in [0.15, 0.2) is 6.10 Å². The van der Waals surface area contributed by atoms with E-state index in [1.807, 2.05) is 4.98 Å². The minimum Gasteiger partial charge on any atom is -0.479 e. The van der Waals surface area contributed by atoms with E-state index in [0.29, 0.717) is 0 Å². The van der Waals surface area contributed by atoms with Gasteiger partial charge in [0.2, 0.25) is 0 Å². The maximum atomic E-state index is 11.5. The lowest BCUT2D eigenvalue weighted by Gasteiger charge is -2.13. The Morgan fingerprint density at radius 2 is 2.22 bits per heavy atom. The summed E-state index contributed by atoms with van der Waals surface area (Å²) in [4.78, 5) is 35.3. The summed E-state index contributed by atoms with van der Waals surface area (Å²) in [5.41, 5.74) is -1.53. The molecule has 0 unspecified atom stereocenters. The summed E-state index contributed by atoms with van der Waals surface area (Å²) in [6.45, 7) is 0. The van der Waals surface area contributed by atoms with Gasteiger partial charge in [-0.25, -0.2) is 9.59 Å². The summed E-state index contributed by atoms with van der Waals surface area (Å²) in [7, 11) is 0. The Labute approximate surface area is 104 Å². The van der Waals surface area contributed by atoms with Crippen molar-refractivity contribution >= 4 is 17.6 Å². The van der Waals surface area contributed by atoms with Crippen LogP contribution in [-0.2, 0) is 9.53 Å². The van der Waals surface area contributed by atoms with E-state index in [1.165, 1.54) is 0 Å². The van der Waals surface area contributed by atoms with Crippen molar-refractivity contribution in [3.8, 4) is 0 Å². The highest BCUT2D eigenvalue weighted by Crippen LogP contribution is 2.27. The number of carboxylic acids is 1. The van der Waals surface area contributed by atoms with Gasteiger partial charge in [0.1, 0.15) is 11.3 Å². The largest absolute Gasteiger partial charge is 0.479 e. The van der Waals surface area contributed by atoms with Crippen LogP contribution in [0, 0.1) is 0 Å². The maximum absolute atomic E-state index is 11.5. The van der Waals surface area contributed by atoms with E-state index in [4.69, 9.17) is 21.4 Å². The van der Waals surface area contributed by atoms with E-state index in [1.54, 1.807) is 0 Å². The molecule has 2 heterocycles. The predicted octanol–water partition coefficient (Wildman–Crippen LogP) is -1.08. The second kappa shape index (κ2) is 4.56. The van der Waals surface area contributed by atoms with Crippen LogP contribution in [0.2, 0.25) is 5.02 Å². The molecule has 2 rings (SSSR count). The van der Waals surface area contributed by atoms with Crippen molar-refractivity contribution in [3.63, 3.8) is 0 Å². The first kappa shape index (κ1) is 12.8. The van der Waals surface area contributed by atoms with Crippen LogP contribution in [0.1, 0.15) is 12.6 Å². The third kappa shape index (κ3) is 2.17. The van der Waals surface area contributed by atoms with Crippen molar-refractivity contribution in [2.75, 3.05) is 0 Å². The topological polar surface area (TPSA) is 122 Å². The van der Waals surface area contributed by atoms with Gasteiger partial charge in [0, 0.05) is 12.6 Å². The quantitative estimate of drug-likeness (QED) is 0.632. The van der Waals surface area contributed by atoms with Gasteiger partial charge in [-0.3, -0.25) is 14.3 Å². The van der Waals surface area contributed by atoms with E-state index in [-0.39, 0.29) is 11.4 Å². The zero-order valence-corrected chi connectivity index (χ0v) is 9.63. The van der Waals surface area contributed by atoms with E-state index >= 15 is 0 Å². The number of hydrogen-bond donors (Lipinski definition) is 3. The van der Waals surface area contributed by atoms with E-state index in [9.17, 15) is 19.5 Å². The van der Waals surface area contributed by atoms with Crippen LogP contribution >= 0.6 is 11.6 Å². The number of H-pyrrole nitrogens is 1. The molecule has 1 aromatic heterocycles. The summed E-state index contributed by atoms with van der Waals surface area (Å²) < 4.78 is 5.97. The molecule has 0 bridgehead atoms. The Bertz CT molecular complexity index is 593. The van der Waals surface area contributed by atoms with Crippen molar-refractivity contribution in [3.05, 3.63) is 32.1 Å². The van der Waals surface area contributed by atoms with E-state index in [0.717, 1.165) is 10.8 Å². The summed E-state index contributed by atoms with van der Waals surface area (Å²) in [5, 5.41) is 18.0. The number of aliphatic hydroxyl groups is 1. The average Bonchev–Trinajstić information content (AvgIpc) is 2.65. The number of aromatic nitrogens is 2. The summed E-state index contributed by atoms with van der Waals surface area (Å²) in [6.07, 6.45) is -2.66. The van der Waals surface area contributed by atoms with Crippen molar-refractivity contribution in [1.82, 2.24) is 9.55 Å². The Morgan fingerprint density at radius 3 is 2.78 bits per heavy atom. The van der Waals surface area contributed by atoms with Crippen LogP contribution in [0.5, 0.6) is 0 Å². The molecular weight excluding hydrogens is 268 g/mol. The number of carboxylic acid groups (broad SMARTS) is 1. The first-order valence-electron chi connectivity index (χ1n) is 4.97. The van der Waals surface area contributed by atoms with Gasteiger partial charge >= 0.3 is 11.7 Å². The minimum absolute atomic E-state index is 0.0841. The molecule has 0 spiro atoms. The SMILES string of the molecule is O=C(O)[C@H]1O[C@H](n2cc(Cl)c(=O)[nH]c2=O)C[C@@H]1O. The normalized spacial score (nSPS) is 27.3. The van der Waals surface area contributed by atoms with Gasteiger partial charge in [-0.05, 0) is 0 Å². The molecule has 0 aliphatic carbocycles. The van der Waals surface area contributed by atoms with Gasteiger partial charge in [-0.2, -0.15) is 0 Å². The molecular formula is C9H9ClN2O6. The van der Waals surface area contributed by atoms with Crippen LogP contribution in [-0.4, -0.2) is 37.9 Å². The molecule has 0 saturated carbocycles. The number of rotatable bonds is 2. The molecule has 3 atom stereocenters. The van der Waals surface area contributed by atoms with Crippen LogP contribution < -0.4 is 11.2 Å². The van der Waals surface area contributed by atoms with Crippen LogP contribution in [0.15, 0.2) is 15.8 Å². The molecule has 1 aromatic rings. The van der Waals surface area contributed by atoms with Crippen molar-refractivity contribution in [2.24, 2.45) is 0 Å². The van der Waals surface area contributed by atoms with Crippen molar-refractivity contribution in [2.45, 2.75) is 24.9 Å². The minimum atomic E-state index is -1.41. The van der Waals surface area contributed by atoms with Gasteiger partial charge in [0.25, 0.3) is 5.56 Å². The average molecular weight is 277 g/mol. The zero-order chi connectivity index (χ0) is 13.4. The summed E-state index contributed by atoms with van der Waals surface area (Å²) >= 11 is 5.56. The van der Waals surface area contributed by atoms with Crippen molar-refractivity contribution < 1.29 is 19.7 Å². The first-order valence-corrected chi connectivity index (χ1v) is 5.35. The van der Waals surface area contributed by atoms with Gasteiger partial charge < -0.3 is 14.9 Å². The van der Waals surface area contributed by atoms with Crippen LogP contribution in [0.4, 0.5) is 0 Å². The molecule has 0 radical (unpaired) electrons. The predicted molar refractivity (Wildman–Crippen MR) is 58.5 cm³/mol. The first-order chi connectivity index (χ1) is 8.40. The Kier molecular flexibility index (Phi) is 3.24. The summed E-state index contributed by atoms with van der Waals surface area (Å²) in [6, 6.07) is 0. The lowest BCUT2D eigenvalue weighted by molar-refractivity contribution is -0.155. The number of carbonyl (C=O) groups is 1. The Morgan fingerprint density at radius 1 is 1.56 bits per heavy atom. The van der Waals surface area contributed by atoms with E-state index in [2.05, 4.69) is 0 Å². The number of halogens is 1. The number of nitrogens with zero attached hydrogens (tertiary/aromatic N) is 1. The van der Waals surface area contributed by atoms with Crippen molar-refractivity contribution in [1.29, 1.82) is 0 Å².